The lowest BCUT2D eigenvalue weighted by Gasteiger charge is -2.68. The Bertz CT molecular complexity index is 1370. The molecule has 0 unspecified atom stereocenters. The van der Waals surface area contributed by atoms with Crippen LogP contribution in [0.1, 0.15) is 83.0 Å². The highest BCUT2D eigenvalue weighted by Gasteiger charge is 2.77. The van der Waals surface area contributed by atoms with Gasteiger partial charge in [-0.1, -0.05) is 13.0 Å². The van der Waals surface area contributed by atoms with Crippen molar-refractivity contribution in [3.63, 3.8) is 0 Å². The number of rotatable bonds is 8. The van der Waals surface area contributed by atoms with Crippen LogP contribution in [0.4, 0.5) is 0 Å². The Hall–Kier alpha value is -3.44. The molecule has 5 rings (SSSR count). The molecule has 4 aliphatic rings. The van der Waals surface area contributed by atoms with Crippen LogP contribution in [0.15, 0.2) is 36.9 Å². The van der Waals surface area contributed by atoms with E-state index in [1.807, 2.05) is 13.0 Å². The summed E-state index contributed by atoms with van der Waals surface area (Å²) in [7, 11) is 1.51. The highest BCUT2D eigenvalue weighted by Crippen LogP contribution is 2.71. The fraction of sp³-hybridized carbons (Fsp3) is 0.657. The van der Waals surface area contributed by atoms with Crippen LogP contribution in [-0.2, 0) is 33.3 Å². The summed E-state index contributed by atoms with van der Waals surface area (Å²) in [6, 6.07) is 6.33. The van der Waals surface area contributed by atoms with Crippen molar-refractivity contribution >= 4 is 23.9 Å². The average Bonchev–Trinajstić information content (AvgIpc) is 3.25. The molecule has 2 N–H and O–H groups in total. The van der Waals surface area contributed by atoms with Crippen LogP contribution in [0.25, 0.3) is 0 Å². The standard InChI is InChI=1S/C35H46O11/c1-7-24-12-15-35(41)27-13-14-33(40)17-26(44-21(3)37)16-29(46-31(39)23-8-10-25(42-6)11-9-23)34(33,19-43-20(2)36)30(27)28(45-22(4)38)18-32(24,35)5/h7-11,24,26-30,40-41H,1,12-19H2,2-6H3/t24-,26-,27+,28+,29+,30+,32+,33-,34+,35-/m0/s1. The summed E-state index contributed by atoms with van der Waals surface area (Å²) in [5.74, 6) is -3.25. The topological polar surface area (TPSA) is 155 Å². The SMILES string of the molecule is C=C[C@H]1CC[C@]2(O)[C@@H]3CC[C@]4(O)C[C@@H](OC(C)=O)C[C@@H](OC(=O)c5ccc(OC)cc5)[C@]4(COC(C)=O)[C@H]3[C@H](OC(C)=O)C[C@]12C. The van der Waals surface area contributed by atoms with Gasteiger partial charge in [0.15, 0.2) is 0 Å². The van der Waals surface area contributed by atoms with E-state index in [1.54, 1.807) is 24.3 Å². The summed E-state index contributed by atoms with van der Waals surface area (Å²) in [4.78, 5) is 51.1. The molecule has 0 spiro atoms. The summed E-state index contributed by atoms with van der Waals surface area (Å²) in [6.07, 6.45) is 0.877. The largest absolute Gasteiger partial charge is 0.497 e. The van der Waals surface area contributed by atoms with Crippen molar-refractivity contribution in [2.24, 2.45) is 28.6 Å². The zero-order valence-electron chi connectivity index (χ0n) is 27.3. The zero-order valence-corrected chi connectivity index (χ0v) is 27.3. The number of methoxy groups -OCH3 is 1. The molecule has 1 aromatic carbocycles. The molecule has 0 radical (unpaired) electrons. The minimum absolute atomic E-state index is 0.00790. The van der Waals surface area contributed by atoms with E-state index < -0.39 is 76.1 Å². The van der Waals surface area contributed by atoms with Gasteiger partial charge in [-0.3, -0.25) is 14.4 Å². The van der Waals surface area contributed by atoms with Gasteiger partial charge in [-0.2, -0.15) is 0 Å². The van der Waals surface area contributed by atoms with Crippen LogP contribution in [0, 0.1) is 28.6 Å². The first-order valence-corrected chi connectivity index (χ1v) is 16.0. The third-order valence-corrected chi connectivity index (χ3v) is 11.7. The van der Waals surface area contributed by atoms with Crippen LogP contribution < -0.4 is 4.74 Å². The lowest BCUT2D eigenvalue weighted by Crippen LogP contribution is -2.76. The second kappa shape index (κ2) is 12.3. The van der Waals surface area contributed by atoms with E-state index in [4.69, 9.17) is 23.7 Å². The second-order valence-corrected chi connectivity index (χ2v) is 13.9. The predicted molar refractivity (Wildman–Crippen MR) is 163 cm³/mol. The normalized spacial score (nSPS) is 39.5. The molecule has 0 bridgehead atoms. The monoisotopic (exact) mass is 642 g/mol. The fourth-order valence-corrected chi connectivity index (χ4v) is 9.75. The van der Waals surface area contributed by atoms with Crippen molar-refractivity contribution in [1.29, 1.82) is 0 Å². The molecular formula is C35H46O11. The van der Waals surface area contributed by atoms with Gasteiger partial charge in [0.05, 0.1) is 29.3 Å². The molecular weight excluding hydrogens is 596 g/mol. The van der Waals surface area contributed by atoms with E-state index in [0.29, 0.717) is 25.0 Å². The molecule has 4 fully saturated rings. The van der Waals surface area contributed by atoms with E-state index >= 15 is 0 Å². The minimum Gasteiger partial charge on any atom is -0.497 e. The molecule has 10 atom stereocenters. The molecule has 0 amide bonds. The van der Waals surface area contributed by atoms with Crippen LogP contribution in [-0.4, -0.2) is 77.3 Å². The molecule has 0 saturated heterocycles. The van der Waals surface area contributed by atoms with Gasteiger partial charge >= 0.3 is 23.9 Å². The van der Waals surface area contributed by atoms with Gasteiger partial charge in [0, 0.05) is 44.9 Å². The highest BCUT2D eigenvalue weighted by molar-refractivity contribution is 5.89. The summed E-state index contributed by atoms with van der Waals surface area (Å²) >= 11 is 0. The van der Waals surface area contributed by atoms with Gasteiger partial charge in [-0.15, -0.1) is 6.58 Å². The van der Waals surface area contributed by atoms with Crippen molar-refractivity contribution in [3.05, 3.63) is 42.5 Å². The molecule has 252 valence electrons. The molecule has 4 saturated carbocycles. The van der Waals surface area contributed by atoms with Crippen molar-refractivity contribution < 1.29 is 53.1 Å². The smallest absolute Gasteiger partial charge is 0.338 e. The van der Waals surface area contributed by atoms with Crippen molar-refractivity contribution in [1.82, 2.24) is 0 Å². The van der Waals surface area contributed by atoms with Crippen LogP contribution >= 0.6 is 0 Å². The maximum atomic E-state index is 13.8. The molecule has 11 heteroatoms. The number of carbonyl (C=O) groups is 4. The maximum Gasteiger partial charge on any atom is 0.338 e. The Morgan fingerprint density at radius 1 is 0.935 bits per heavy atom. The second-order valence-electron chi connectivity index (χ2n) is 13.9. The third-order valence-electron chi connectivity index (χ3n) is 11.7. The maximum absolute atomic E-state index is 13.8. The van der Waals surface area contributed by atoms with Gasteiger partial charge in [-0.05, 0) is 68.2 Å². The lowest BCUT2D eigenvalue weighted by molar-refractivity contribution is -0.318. The van der Waals surface area contributed by atoms with Crippen LogP contribution in [0.3, 0.4) is 0 Å². The Kier molecular flexibility index (Phi) is 9.07. The molecule has 46 heavy (non-hydrogen) atoms. The van der Waals surface area contributed by atoms with Crippen molar-refractivity contribution in [2.75, 3.05) is 13.7 Å². The first-order chi connectivity index (χ1) is 21.6. The van der Waals surface area contributed by atoms with E-state index in [0.717, 1.165) is 0 Å². The van der Waals surface area contributed by atoms with E-state index in [9.17, 15) is 29.4 Å². The number of ether oxygens (including phenoxy) is 5. The molecule has 11 nitrogen and oxygen atoms in total. The predicted octanol–water partition coefficient (Wildman–Crippen LogP) is 3.92. The summed E-state index contributed by atoms with van der Waals surface area (Å²) in [5, 5.41) is 25.5. The molecule has 1 aromatic rings. The summed E-state index contributed by atoms with van der Waals surface area (Å²) in [5.41, 5.74) is -4.96. The number of hydrogen-bond acceptors (Lipinski definition) is 11. The molecule has 0 heterocycles. The third kappa shape index (κ3) is 5.39. The summed E-state index contributed by atoms with van der Waals surface area (Å²) < 4.78 is 28.9. The van der Waals surface area contributed by atoms with Gasteiger partial charge in [0.25, 0.3) is 0 Å². The average molecular weight is 643 g/mol. The highest BCUT2D eigenvalue weighted by atomic mass is 16.6. The Labute approximate surface area is 269 Å². The van der Waals surface area contributed by atoms with Crippen molar-refractivity contribution in [3.8, 4) is 5.75 Å². The van der Waals surface area contributed by atoms with E-state index in [2.05, 4.69) is 6.58 Å². The van der Waals surface area contributed by atoms with Crippen LogP contribution in [0.5, 0.6) is 5.75 Å². The fourth-order valence-electron chi connectivity index (χ4n) is 9.75. The number of benzene rings is 1. The minimum atomic E-state index is -1.70. The number of hydrogen-bond donors (Lipinski definition) is 2. The van der Waals surface area contributed by atoms with Crippen molar-refractivity contribution in [2.45, 2.75) is 102 Å². The van der Waals surface area contributed by atoms with Gasteiger partial charge in [-0.25, -0.2) is 4.79 Å². The quantitative estimate of drug-likeness (QED) is 0.241. The number of carbonyl (C=O) groups excluding carboxylic acids is 4. The summed E-state index contributed by atoms with van der Waals surface area (Å²) in [6.45, 7) is 9.49. The lowest BCUT2D eigenvalue weighted by atomic mass is 9.40. The zero-order chi connectivity index (χ0) is 33.7. The number of esters is 4. The van der Waals surface area contributed by atoms with Gasteiger partial charge < -0.3 is 33.9 Å². The van der Waals surface area contributed by atoms with E-state index in [-0.39, 0.29) is 43.8 Å². The first-order valence-electron chi connectivity index (χ1n) is 16.0. The Morgan fingerprint density at radius 2 is 1.61 bits per heavy atom. The van der Waals surface area contributed by atoms with Gasteiger partial charge in [0.1, 0.15) is 30.7 Å². The van der Waals surface area contributed by atoms with Gasteiger partial charge in [0.2, 0.25) is 0 Å². The molecule has 4 aliphatic carbocycles. The van der Waals surface area contributed by atoms with Crippen LogP contribution in [0.2, 0.25) is 0 Å². The molecule has 0 aromatic heterocycles. The van der Waals surface area contributed by atoms with E-state index in [1.165, 1.54) is 27.9 Å². The number of allylic oxidation sites excluding steroid dienone is 1. The first kappa shape index (κ1) is 33.9. The number of fused-ring (bicyclic) bond motifs is 5. The molecule has 0 aliphatic heterocycles. The Morgan fingerprint density at radius 3 is 2.20 bits per heavy atom. The number of aliphatic hydroxyl groups is 2. The Balaban J connectivity index is 1.69.